The number of halogens is 1. The van der Waals surface area contributed by atoms with Crippen molar-refractivity contribution in [3.05, 3.63) is 51.9 Å². The van der Waals surface area contributed by atoms with E-state index >= 15 is 0 Å². The third kappa shape index (κ3) is 3.23. The van der Waals surface area contributed by atoms with Crippen LogP contribution in [-0.2, 0) is 0 Å². The summed E-state index contributed by atoms with van der Waals surface area (Å²) in [6.45, 7) is 0.869. The van der Waals surface area contributed by atoms with Crippen molar-refractivity contribution in [3.8, 4) is 5.75 Å². The van der Waals surface area contributed by atoms with Crippen molar-refractivity contribution < 1.29 is 9.15 Å². The highest BCUT2D eigenvalue weighted by molar-refractivity contribution is 7.16. The first-order chi connectivity index (χ1) is 10.3. The van der Waals surface area contributed by atoms with Crippen LogP contribution in [-0.4, -0.2) is 13.6 Å². The SMILES string of the molecule is CNCC[C@H](Oc1cccc2ccoc12)c1ccc(Cl)s1. The van der Waals surface area contributed by atoms with Crippen molar-refractivity contribution in [2.75, 3.05) is 13.6 Å². The van der Waals surface area contributed by atoms with Gasteiger partial charge in [0.05, 0.1) is 10.6 Å². The molecule has 1 aromatic carbocycles. The van der Waals surface area contributed by atoms with E-state index in [2.05, 4.69) is 5.32 Å². The van der Waals surface area contributed by atoms with E-state index in [-0.39, 0.29) is 6.10 Å². The van der Waals surface area contributed by atoms with Crippen LogP contribution in [0.4, 0.5) is 0 Å². The van der Waals surface area contributed by atoms with Crippen LogP contribution in [0.1, 0.15) is 17.4 Å². The van der Waals surface area contributed by atoms with Crippen LogP contribution in [0.3, 0.4) is 0 Å². The Morgan fingerprint density at radius 3 is 2.95 bits per heavy atom. The van der Waals surface area contributed by atoms with Crippen LogP contribution in [0.5, 0.6) is 5.75 Å². The lowest BCUT2D eigenvalue weighted by molar-refractivity contribution is 0.199. The lowest BCUT2D eigenvalue weighted by Crippen LogP contribution is -2.15. The van der Waals surface area contributed by atoms with Crippen molar-refractivity contribution >= 4 is 33.9 Å². The van der Waals surface area contributed by atoms with Gasteiger partial charge in [-0.2, -0.15) is 0 Å². The molecule has 0 spiro atoms. The highest BCUT2D eigenvalue weighted by Crippen LogP contribution is 2.35. The molecule has 21 heavy (non-hydrogen) atoms. The molecule has 3 aromatic rings. The Morgan fingerprint density at radius 1 is 1.29 bits per heavy atom. The van der Waals surface area contributed by atoms with Crippen LogP contribution < -0.4 is 10.1 Å². The predicted octanol–water partition coefficient (Wildman–Crippen LogP) is 4.88. The molecule has 5 heteroatoms. The Morgan fingerprint density at radius 2 is 2.19 bits per heavy atom. The normalized spacial score (nSPS) is 12.7. The summed E-state index contributed by atoms with van der Waals surface area (Å²) < 4.78 is 12.5. The average Bonchev–Trinajstić information content (AvgIpc) is 3.12. The summed E-state index contributed by atoms with van der Waals surface area (Å²) in [5, 5.41) is 4.21. The van der Waals surface area contributed by atoms with Gasteiger partial charge in [0.25, 0.3) is 0 Å². The molecule has 0 aliphatic heterocycles. The van der Waals surface area contributed by atoms with E-state index in [1.54, 1.807) is 17.6 Å². The quantitative estimate of drug-likeness (QED) is 0.702. The molecule has 0 amide bonds. The molecule has 3 rings (SSSR count). The molecular weight excluding hydrogens is 306 g/mol. The van der Waals surface area contributed by atoms with Crippen LogP contribution in [0.15, 0.2) is 47.1 Å². The molecule has 1 atom stereocenters. The van der Waals surface area contributed by atoms with E-state index in [0.29, 0.717) is 0 Å². The molecule has 0 bridgehead atoms. The summed E-state index contributed by atoms with van der Waals surface area (Å²) in [6, 6.07) is 11.8. The Bertz CT molecular complexity index is 722. The minimum Gasteiger partial charge on any atom is -0.481 e. The van der Waals surface area contributed by atoms with Gasteiger partial charge in [-0.1, -0.05) is 23.7 Å². The number of para-hydroxylation sites is 1. The minimum atomic E-state index is -0.0364. The second-order valence-electron chi connectivity index (χ2n) is 4.74. The van der Waals surface area contributed by atoms with Crippen molar-refractivity contribution in [2.45, 2.75) is 12.5 Å². The summed E-state index contributed by atoms with van der Waals surface area (Å²) >= 11 is 7.60. The summed E-state index contributed by atoms with van der Waals surface area (Å²) in [7, 11) is 1.94. The van der Waals surface area contributed by atoms with E-state index in [1.807, 2.05) is 43.4 Å². The van der Waals surface area contributed by atoms with Gasteiger partial charge in [0.2, 0.25) is 0 Å². The fourth-order valence-corrected chi connectivity index (χ4v) is 3.37. The maximum Gasteiger partial charge on any atom is 0.175 e. The van der Waals surface area contributed by atoms with Gasteiger partial charge in [-0.05, 0) is 37.9 Å². The second-order valence-corrected chi connectivity index (χ2v) is 6.48. The summed E-state index contributed by atoms with van der Waals surface area (Å²) in [4.78, 5) is 1.12. The van der Waals surface area contributed by atoms with Crippen molar-refractivity contribution in [3.63, 3.8) is 0 Å². The van der Waals surface area contributed by atoms with Gasteiger partial charge < -0.3 is 14.5 Å². The molecule has 1 N–H and O–H groups in total. The number of rotatable bonds is 6. The molecule has 0 aliphatic rings. The zero-order chi connectivity index (χ0) is 14.7. The Balaban J connectivity index is 1.88. The van der Waals surface area contributed by atoms with Gasteiger partial charge in [-0.15, -0.1) is 11.3 Å². The molecule has 0 saturated heterocycles. The molecule has 0 aliphatic carbocycles. The molecule has 110 valence electrons. The molecule has 2 aromatic heterocycles. The summed E-state index contributed by atoms with van der Waals surface area (Å²) in [5.41, 5.74) is 0.787. The third-order valence-electron chi connectivity index (χ3n) is 3.28. The number of ether oxygens (including phenoxy) is 1. The number of nitrogens with one attached hydrogen (secondary N) is 1. The van der Waals surface area contributed by atoms with E-state index in [1.165, 1.54) is 0 Å². The first-order valence-corrected chi connectivity index (χ1v) is 8.00. The van der Waals surface area contributed by atoms with E-state index < -0.39 is 0 Å². The number of thiophene rings is 1. The van der Waals surface area contributed by atoms with E-state index in [9.17, 15) is 0 Å². The molecule has 0 fully saturated rings. The lowest BCUT2D eigenvalue weighted by atomic mass is 10.2. The van der Waals surface area contributed by atoms with Gasteiger partial charge >= 0.3 is 0 Å². The molecule has 2 heterocycles. The first kappa shape index (κ1) is 14.4. The molecule has 0 unspecified atom stereocenters. The smallest absolute Gasteiger partial charge is 0.175 e. The fourth-order valence-electron chi connectivity index (χ4n) is 2.25. The number of fused-ring (bicyclic) bond motifs is 1. The Hall–Kier alpha value is -1.49. The highest BCUT2D eigenvalue weighted by atomic mass is 35.5. The maximum absolute atomic E-state index is 6.21. The molecule has 0 saturated carbocycles. The lowest BCUT2D eigenvalue weighted by Gasteiger charge is -2.18. The second kappa shape index (κ2) is 6.52. The molecular formula is C16H16ClNO2S. The van der Waals surface area contributed by atoms with Crippen LogP contribution >= 0.6 is 22.9 Å². The van der Waals surface area contributed by atoms with E-state index in [4.69, 9.17) is 20.8 Å². The Kier molecular flexibility index (Phi) is 4.48. The monoisotopic (exact) mass is 321 g/mol. The third-order valence-corrected chi connectivity index (χ3v) is 4.60. The standard InChI is InChI=1S/C16H16ClNO2S/c1-18-9-7-12(14-5-6-15(17)21-14)20-13-4-2-3-11-8-10-19-16(11)13/h2-6,8,10,12,18H,7,9H2,1H3/t12-/m0/s1. The largest absolute Gasteiger partial charge is 0.481 e. The Labute approximate surface area is 132 Å². The highest BCUT2D eigenvalue weighted by Gasteiger charge is 2.17. The first-order valence-electron chi connectivity index (χ1n) is 6.80. The van der Waals surface area contributed by atoms with Crippen molar-refractivity contribution in [2.24, 2.45) is 0 Å². The molecule has 3 nitrogen and oxygen atoms in total. The number of hydrogen-bond donors (Lipinski definition) is 1. The van der Waals surface area contributed by atoms with Gasteiger partial charge in [0.15, 0.2) is 11.3 Å². The zero-order valence-electron chi connectivity index (χ0n) is 11.6. The van der Waals surface area contributed by atoms with Gasteiger partial charge in [0.1, 0.15) is 6.10 Å². The molecule has 0 radical (unpaired) electrons. The number of hydrogen-bond acceptors (Lipinski definition) is 4. The number of benzene rings is 1. The van der Waals surface area contributed by atoms with Crippen molar-refractivity contribution in [1.29, 1.82) is 0 Å². The van der Waals surface area contributed by atoms with Gasteiger partial charge in [-0.3, -0.25) is 0 Å². The van der Waals surface area contributed by atoms with Crippen molar-refractivity contribution in [1.82, 2.24) is 5.32 Å². The fraction of sp³-hybridized carbons (Fsp3) is 0.250. The van der Waals surface area contributed by atoms with Gasteiger partial charge in [0, 0.05) is 16.7 Å². The van der Waals surface area contributed by atoms with Crippen LogP contribution in [0, 0.1) is 0 Å². The van der Waals surface area contributed by atoms with Crippen LogP contribution in [0.25, 0.3) is 11.0 Å². The average molecular weight is 322 g/mol. The minimum absolute atomic E-state index is 0.0364. The van der Waals surface area contributed by atoms with Crippen LogP contribution in [0.2, 0.25) is 4.34 Å². The van der Waals surface area contributed by atoms with Gasteiger partial charge in [-0.25, -0.2) is 0 Å². The topological polar surface area (TPSA) is 34.4 Å². The maximum atomic E-state index is 6.21. The summed E-state index contributed by atoms with van der Waals surface area (Å²) in [5.74, 6) is 0.767. The van der Waals surface area contributed by atoms with E-state index in [0.717, 1.165) is 38.9 Å². The summed E-state index contributed by atoms with van der Waals surface area (Å²) in [6.07, 6.45) is 2.51. The predicted molar refractivity (Wildman–Crippen MR) is 87.5 cm³/mol. The zero-order valence-corrected chi connectivity index (χ0v) is 13.2. The number of furan rings is 1.